The van der Waals surface area contributed by atoms with E-state index in [1.54, 1.807) is 43.4 Å². The lowest BCUT2D eigenvalue weighted by atomic mass is 10.2. The van der Waals surface area contributed by atoms with Crippen LogP contribution in [0.2, 0.25) is 0 Å². The molecule has 3 aromatic rings. The molecule has 0 N–H and O–H groups in total. The van der Waals surface area contributed by atoms with Crippen LogP contribution in [0, 0.1) is 0 Å². The lowest BCUT2D eigenvalue weighted by Crippen LogP contribution is -2.34. The van der Waals surface area contributed by atoms with Crippen molar-refractivity contribution in [3.63, 3.8) is 0 Å². The molecular weight excluding hydrogens is 374 g/mol. The van der Waals surface area contributed by atoms with Gasteiger partial charge in [0, 0.05) is 18.7 Å². The minimum absolute atomic E-state index is 0.0545. The quantitative estimate of drug-likeness (QED) is 0.548. The normalized spacial score (nSPS) is 10.4. The molecule has 0 radical (unpaired) electrons. The van der Waals surface area contributed by atoms with E-state index < -0.39 is 0 Å². The summed E-state index contributed by atoms with van der Waals surface area (Å²) in [4.78, 5) is 14.3. The molecule has 8 nitrogen and oxygen atoms in total. The summed E-state index contributed by atoms with van der Waals surface area (Å²) in [5.74, 6) is 2.19. The summed E-state index contributed by atoms with van der Waals surface area (Å²) in [7, 11) is 3.17. The first-order valence-corrected chi connectivity index (χ1v) is 9.12. The first-order valence-electron chi connectivity index (χ1n) is 9.12. The van der Waals surface area contributed by atoms with Gasteiger partial charge in [-0.1, -0.05) is 6.07 Å². The summed E-state index contributed by atoms with van der Waals surface area (Å²) in [6.07, 6.45) is 1.27. The summed E-state index contributed by atoms with van der Waals surface area (Å²) in [5.41, 5.74) is 1.73. The predicted octanol–water partition coefficient (Wildman–Crippen LogP) is 3.18. The summed E-state index contributed by atoms with van der Waals surface area (Å²) in [5, 5.41) is 7.50. The molecule has 0 unspecified atom stereocenters. The fourth-order valence-electron chi connectivity index (χ4n) is 2.80. The van der Waals surface area contributed by atoms with Crippen LogP contribution in [0.3, 0.4) is 0 Å². The van der Waals surface area contributed by atoms with Gasteiger partial charge in [-0.15, -0.1) is 10.2 Å². The zero-order valence-corrected chi connectivity index (χ0v) is 16.6. The van der Waals surface area contributed by atoms with Crippen LogP contribution in [0.25, 0.3) is 11.5 Å². The number of ether oxygens (including phenoxy) is 3. The molecule has 0 aliphatic rings. The van der Waals surface area contributed by atoms with Crippen molar-refractivity contribution < 1.29 is 23.4 Å². The standard InChI is InChI=1S/C21H23N3O5/c1-4-24(12-15-5-10-18(26-2)19(11-15)27-3)20(25)13-28-17-8-6-16(7-9-17)21-23-22-14-29-21/h5-11,14H,4,12-13H2,1-3H3. The second-order valence-electron chi connectivity index (χ2n) is 6.15. The van der Waals surface area contributed by atoms with E-state index in [1.807, 2.05) is 25.1 Å². The molecule has 8 heteroatoms. The molecule has 29 heavy (non-hydrogen) atoms. The average Bonchev–Trinajstić information content (AvgIpc) is 3.31. The summed E-state index contributed by atoms with van der Waals surface area (Å²) < 4.78 is 21.4. The van der Waals surface area contributed by atoms with Gasteiger partial charge in [-0.05, 0) is 48.9 Å². The number of aromatic nitrogens is 2. The number of hydrogen-bond donors (Lipinski definition) is 0. The summed E-state index contributed by atoms with van der Waals surface area (Å²) >= 11 is 0. The van der Waals surface area contributed by atoms with Crippen LogP contribution >= 0.6 is 0 Å². The van der Waals surface area contributed by atoms with E-state index in [2.05, 4.69) is 10.2 Å². The van der Waals surface area contributed by atoms with Gasteiger partial charge < -0.3 is 23.5 Å². The second kappa shape index (κ2) is 9.59. The Morgan fingerprint density at radius 3 is 2.45 bits per heavy atom. The van der Waals surface area contributed by atoms with Gasteiger partial charge in [0.05, 0.1) is 14.2 Å². The zero-order valence-electron chi connectivity index (χ0n) is 16.6. The molecule has 0 saturated heterocycles. The van der Waals surface area contributed by atoms with Crippen LogP contribution in [0.4, 0.5) is 0 Å². The van der Waals surface area contributed by atoms with Gasteiger partial charge >= 0.3 is 0 Å². The van der Waals surface area contributed by atoms with Crippen molar-refractivity contribution in [2.24, 2.45) is 0 Å². The van der Waals surface area contributed by atoms with E-state index in [9.17, 15) is 4.79 Å². The molecule has 0 bridgehead atoms. The van der Waals surface area contributed by atoms with Gasteiger partial charge in [-0.3, -0.25) is 4.79 Å². The van der Waals surface area contributed by atoms with E-state index in [4.69, 9.17) is 18.6 Å². The fraction of sp³-hybridized carbons (Fsp3) is 0.286. The largest absolute Gasteiger partial charge is 0.493 e. The van der Waals surface area contributed by atoms with Crippen molar-refractivity contribution in [2.75, 3.05) is 27.4 Å². The van der Waals surface area contributed by atoms with Crippen LogP contribution in [0.15, 0.2) is 53.3 Å². The molecule has 0 aliphatic carbocycles. The highest BCUT2D eigenvalue weighted by atomic mass is 16.5. The lowest BCUT2D eigenvalue weighted by Gasteiger charge is -2.21. The van der Waals surface area contributed by atoms with Crippen LogP contribution in [0.1, 0.15) is 12.5 Å². The highest BCUT2D eigenvalue weighted by molar-refractivity contribution is 5.77. The second-order valence-corrected chi connectivity index (χ2v) is 6.15. The molecule has 0 atom stereocenters. The van der Waals surface area contributed by atoms with E-state index >= 15 is 0 Å². The van der Waals surface area contributed by atoms with E-state index in [0.29, 0.717) is 36.2 Å². The monoisotopic (exact) mass is 397 g/mol. The number of hydrogen-bond acceptors (Lipinski definition) is 7. The molecule has 0 aliphatic heterocycles. The Morgan fingerprint density at radius 2 is 1.83 bits per heavy atom. The van der Waals surface area contributed by atoms with Gasteiger partial charge in [0.1, 0.15) is 5.75 Å². The molecule has 0 spiro atoms. The number of amides is 1. The van der Waals surface area contributed by atoms with Crippen molar-refractivity contribution in [3.8, 4) is 28.7 Å². The van der Waals surface area contributed by atoms with E-state index in [0.717, 1.165) is 11.1 Å². The number of carbonyl (C=O) groups excluding carboxylic acids is 1. The van der Waals surface area contributed by atoms with Crippen molar-refractivity contribution in [2.45, 2.75) is 13.5 Å². The molecule has 3 rings (SSSR count). The van der Waals surface area contributed by atoms with Crippen molar-refractivity contribution in [1.29, 1.82) is 0 Å². The van der Waals surface area contributed by atoms with Gasteiger partial charge in [-0.25, -0.2) is 0 Å². The predicted molar refractivity (Wildman–Crippen MR) is 106 cm³/mol. The van der Waals surface area contributed by atoms with Gasteiger partial charge in [0.25, 0.3) is 5.91 Å². The van der Waals surface area contributed by atoms with Crippen molar-refractivity contribution in [3.05, 3.63) is 54.4 Å². The highest BCUT2D eigenvalue weighted by Gasteiger charge is 2.15. The lowest BCUT2D eigenvalue weighted by molar-refractivity contribution is -0.133. The summed E-state index contributed by atoms with van der Waals surface area (Å²) in [6, 6.07) is 12.7. The number of carbonyl (C=O) groups is 1. The maximum absolute atomic E-state index is 12.6. The molecule has 2 aromatic carbocycles. The third kappa shape index (κ3) is 5.04. The molecule has 0 saturated carbocycles. The fourth-order valence-corrected chi connectivity index (χ4v) is 2.80. The van der Waals surface area contributed by atoms with Crippen molar-refractivity contribution in [1.82, 2.24) is 15.1 Å². The number of likely N-dealkylation sites (N-methyl/N-ethyl adjacent to an activating group) is 1. The Kier molecular flexibility index (Phi) is 6.67. The smallest absolute Gasteiger partial charge is 0.260 e. The molecule has 1 aromatic heterocycles. The Morgan fingerprint density at radius 1 is 1.07 bits per heavy atom. The average molecular weight is 397 g/mol. The van der Waals surface area contributed by atoms with Gasteiger partial charge in [0.2, 0.25) is 12.3 Å². The molecule has 1 amide bonds. The SMILES string of the molecule is CCN(Cc1ccc(OC)c(OC)c1)C(=O)COc1ccc(-c2nnco2)cc1. The van der Waals surface area contributed by atoms with Crippen LogP contribution in [-0.2, 0) is 11.3 Å². The van der Waals surface area contributed by atoms with Gasteiger partial charge in [0.15, 0.2) is 18.1 Å². The van der Waals surface area contributed by atoms with Crippen molar-refractivity contribution >= 4 is 5.91 Å². The Bertz CT molecular complexity index is 926. The van der Waals surface area contributed by atoms with Crippen LogP contribution in [0.5, 0.6) is 17.2 Å². The number of rotatable bonds is 9. The van der Waals surface area contributed by atoms with E-state index in [1.165, 1.54) is 6.39 Å². The van der Waals surface area contributed by atoms with Crippen LogP contribution < -0.4 is 14.2 Å². The summed E-state index contributed by atoms with van der Waals surface area (Å²) in [6.45, 7) is 2.89. The molecule has 0 fully saturated rings. The number of benzene rings is 2. The minimum atomic E-state index is -0.108. The topological polar surface area (TPSA) is 86.9 Å². The Balaban J connectivity index is 1.58. The maximum atomic E-state index is 12.6. The third-order valence-electron chi connectivity index (χ3n) is 4.38. The van der Waals surface area contributed by atoms with Gasteiger partial charge in [-0.2, -0.15) is 0 Å². The number of nitrogens with zero attached hydrogens (tertiary/aromatic N) is 3. The van der Waals surface area contributed by atoms with E-state index in [-0.39, 0.29) is 12.5 Å². The molecular formula is C21H23N3O5. The maximum Gasteiger partial charge on any atom is 0.260 e. The Labute approximate surface area is 169 Å². The number of methoxy groups -OCH3 is 2. The first-order chi connectivity index (χ1) is 14.1. The third-order valence-corrected chi connectivity index (χ3v) is 4.38. The first kappa shape index (κ1) is 20.2. The molecule has 1 heterocycles. The zero-order chi connectivity index (χ0) is 20.6. The minimum Gasteiger partial charge on any atom is -0.493 e. The van der Waals surface area contributed by atoms with Crippen LogP contribution in [-0.4, -0.2) is 48.4 Å². The highest BCUT2D eigenvalue weighted by Crippen LogP contribution is 2.28. The molecule has 152 valence electrons. The Hall–Kier alpha value is -3.55.